The molecule has 1 aliphatic rings. The zero-order valence-corrected chi connectivity index (χ0v) is 16.1. The molecule has 0 amide bonds. The van der Waals surface area contributed by atoms with Gasteiger partial charge >= 0.3 is 0 Å². The summed E-state index contributed by atoms with van der Waals surface area (Å²) in [5.74, 6) is 1.60. The number of hydrogen-bond donors (Lipinski definition) is 1. The first kappa shape index (κ1) is 18.2. The fourth-order valence-electron chi connectivity index (χ4n) is 3.75. The lowest BCUT2D eigenvalue weighted by Gasteiger charge is -2.33. The third kappa shape index (κ3) is 3.53. The van der Waals surface area contributed by atoms with Crippen molar-refractivity contribution in [2.24, 2.45) is 5.92 Å². The highest BCUT2D eigenvalue weighted by atomic mass is 16.5. The summed E-state index contributed by atoms with van der Waals surface area (Å²) in [7, 11) is 1.76. The average molecular weight is 345 g/mol. The molecule has 1 aromatic heterocycles. The second kappa shape index (κ2) is 7.34. The number of anilines is 1. The number of ether oxygens (including phenoxy) is 2. The number of nitrogens with zero attached hydrogens (tertiary/aromatic N) is 2. The van der Waals surface area contributed by atoms with E-state index in [0.29, 0.717) is 12.0 Å². The second-order valence-electron chi connectivity index (χ2n) is 7.44. The van der Waals surface area contributed by atoms with Crippen LogP contribution in [0.5, 0.6) is 0 Å². The summed E-state index contributed by atoms with van der Waals surface area (Å²) in [6, 6.07) is 6.83. The predicted molar refractivity (Wildman–Crippen MR) is 102 cm³/mol. The molecule has 1 aliphatic heterocycles. The minimum absolute atomic E-state index is 0.364. The fourth-order valence-corrected chi connectivity index (χ4v) is 3.75. The fraction of sp³-hybridized carbons (Fsp3) is 0.650. The van der Waals surface area contributed by atoms with Gasteiger partial charge in [-0.15, -0.1) is 0 Å². The molecule has 0 spiro atoms. The van der Waals surface area contributed by atoms with Gasteiger partial charge < -0.3 is 19.4 Å². The highest BCUT2D eigenvalue weighted by Crippen LogP contribution is 2.36. The highest BCUT2D eigenvalue weighted by molar-refractivity contribution is 5.80. The summed E-state index contributed by atoms with van der Waals surface area (Å²) >= 11 is 0. The van der Waals surface area contributed by atoms with Crippen LogP contribution in [0.1, 0.15) is 52.4 Å². The minimum Gasteiger partial charge on any atom is -0.385 e. The van der Waals surface area contributed by atoms with Crippen LogP contribution < -0.4 is 5.32 Å². The van der Waals surface area contributed by atoms with Crippen molar-refractivity contribution in [2.45, 2.75) is 52.2 Å². The molecule has 1 unspecified atom stereocenters. The van der Waals surface area contributed by atoms with Gasteiger partial charge in [-0.1, -0.05) is 0 Å². The van der Waals surface area contributed by atoms with Gasteiger partial charge in [-0.3, -0.25) is 0 Å². The summed E-state index contributed by atoms with van der Waals surface area (Å²) < 4.78 is 13.7. The van der Waals surface area contributed by atoms with Crippen LogP contribution in [0.3, 0.4) is 0 Å². The molecule has 1 N–H and O–H groups in total. The molecule has 0 aliphatic carbocycles. The Morgan fingerprint density at radius 1 is 1.36 bits per heavy atom. The molecule has 138 valence electrons. The van der Waals surface area contributed by atoms with Crippen LogP contribution in [0.2, 0.25) is 0 Å². The molecule has 1 fully saturated rings. The Morgan fingerprint density at radius 3 is 2.72 bits per heavy atom. The third-order valence-corrected chi connectivity index (χ3v) is 5.47. The third-order valence-electron chi connectivity index (χ3n) is 5.47. The Morgan fingerprint density at radius 2 is 2.08 bits per heavy atom. The van der Waals surface area contributed by atoms with Gasteiger partial charge in [0.1, 0.15) is 11.4 Å². The van der Waals surface area contributed by atoms with Gasteiger partial charge in [-0.25, -0.2) is 4.98 Å². The van der Waals surface area contributed by atoms with E-state index in [4.69, 9.17) is 14.5 Å². The summed E-state index contributed by atoms with van der Waals surface area (Å²) in [5, 5.41) is 3.38. The van der Waals surface area contributed by atoms with Gasteiger partial charge in [0.2, 0.25) is 0 Å². The second-order valence-corrected chi connectivity index (χ2v) is 7.44. The van der Waals surface area contributed by atoms with Crippen LogP contribution in [0.15, 0.2) is 18.2 Å². The van der Waals surface area contributed by atoms with E-state index in [1.165, 1.54) is 5.52 Å². The van der Waals surface area contributed by atoms with Crippen molar-refractivity contribution in [1.82, 2.24) is 9.55 Å². The average Bonchev–Trinajstić information content (AvgIpc) is 3.01. The zero-order chi connectivity index (χ0) is 18.0. The lowest BCUT2D eigenvalue weighted by molar-refractivity contribution is 0.00423. The Bertz CT molecular complexity index is 717. The molecule has 5 heteroatoms. The number of aromatic nitrogens is 2. The normalized spacial score (nSPS) is 17.8. The van der Waals surface area contributed by atoms with E-state index in [1.807, 2.05) is 0 Å². The first-order valence-corrected chi connectivity index (χ1v) is 9.37. The molecule has 5 nitrogen and oxygen atoms in total. The van der Waals surface area contributed by atoms with Crippen LogP contribution in [0.4, 0.5) is 5.69 Å². The molecular formula is C20H31N3O2. The minimum atomic E-state index is -0.434. The number of nitrogens with one attached hydrogen (secondary N) is 1. The quantitative estimate of drug-likeness (QED) is 0.846. The smallest absolute Gasteiger partial charge is 0.141 e. The topological polar surface area (TPSA) is 48.3 Å². The van der Waals surface area contributed by atoms with Crippen LogP contribution in [-0.2, 0) is 15.1 Å². The lowest BCUT2D eigenvalue weighted by Crippen LogP contribution is -2.30. The molecule has 1 atom stereocenters. The maximum Gasteiger partial charge on any atom is 0.141 e. The number of fused-ring (bicyclic) bond motifs is 1. The molecular weight excluding hydrogens is 314 g/mol. The summed E-state index contributed by atoms with van der Waals surface area (Å²) in [6.45, 7) is 11.2. The van der Waals surface area contributed by atoms with Crippen molar-refractivity contribution < 1.29 is 9.47 Å². The van der Waals surface area contributed by atoms with Gasteiger partial charge in [0.15, 0.2) is 0 Å². The Balaban J connectivity index is 2.10. The molecule has 3 rings (SSSR count). The summed E-state index contributed by atoms with van der Waals surface area (Å²) in [6.07, 6.45) is 2.20. The molecule has 0 bridgehead atoms. The monoisotopic (exact) mass is 345 g/mol. The number of rotatable bonds is 6. The molecule has 2 heterocycles. The SMILES string of the molecule is CCNc1ccc2c(c1)nc(C(C)(C)OC)n2C(C)C1CCOCC1. The highest BCUT2D eigenvalue weighted by Gasteiger charge is 2.32. The van der Waals surface area contributed by atoms with Crippen LogP contribution in [-0.4, -0.2) is 36.4 Å². The van der Waals surface area contributed by atoms with Gasteiger partial charge in [-0.2, -0.15) is 0 Å². The Labute approximate surface area is 150 Å². The van der Waals surface area contributed by atoms with Gasteiger partial charge in [-0.05, 0) is 64.7 Å². The van der Waals surface area contributed by atoms with E-state index >= 15 is 0 Å². The maximum atomic E-state index is 5.79. The summed E-state index contributed by atoms with van der Waals surface area (Å²) in [4.78, 5) is 4.98. The largest absolute Gasteiger partial charge is 0.385 e. The van der Waals surface area contributed by atoms with Crippen molar-refractivity contribution in [3.63, 3.8) is 0 Å². The van der Waals surface area contributed by atoms with E-state index in [-0.39, 0.29) is 0 Å². The maximum absolute atomic E-state index is 5.79. The van der Waals surface area contributed by atoms with Gasteiger partial charge in [0.05, 0.1) is 11.0 Å². The van der Waals surface area contributed by atoms with Crippen LogP contribution in [0.25, 0.3) is 11.0 Å². The van der Waals surface area contributed by atoms with E-state index in [2.05, 4.69) is 55.8 Å². The zero-order valence-electron chi connectivity index (χ0n) is 16.1. The van der Waals surface area contributed by atoms with Crippen molar-refractivity contribution in [3.05, 3.63) is 24.0 Å². The predicted octanol–water partition coefficient (Wildman–Crippen LogP) is 4.34. The molecule has 1 aromatic carbocycles. The number of methoxy groups -OCH3 is 1. The molecule has 1 saturated heterocycles. The van der Waals surface area contributed by atoms with E-state index in [1.54, 1.807) is 7.11 Å². The molecule has 2 aromatic rings. The first-order chi connectivity index (χ1) is 12.0. The van der Waals surface area contributed by atoms with Gasteiger partial charge in [0.25, 0.3) is 0 Å². The molecule has 0 saturated carbocycles. The number of hydrogen-bond acceptors (Lipinski definition) is 4. The number of benzene rings is 1. The molecule has 25 heavy (non-hydrogen) atoms. The van der Waals surface area contributed by atoms with Crippen molar-refractivity contribution in [3.8, 4) is 0 Å². The van der Waals surface area contributed by atoms with Crippen LogP contribution >= 0.6 is 0 Å². The van der Waals surface area contributed by atoms with Crippen molar-refractivity contribution in [1.29, 1.82) is 0 Å². The van der Waals surface area contributed by atoms with E-state index in [9.17, 15) is 0 Å². The lowest BCUT2D eigenvalue weighted by atomic mass is 9.92. The Hall–Kier alpha value is -1.59. The van der Waals surface area contributed by atoms with Crippen molar-refractivity contribution >= 4 is 16.7 Å². The van der Waals surface area contributed by atoms with Gasteiger partial charge in [0, 0.05) is 38.6 Å². The van der Waals surface area contributed by atoms with E-state index in [0.717, 1.165) is 49.6 Å². The van der Waals surface area contributed by atoms with Crippen LogP contribution in [0, 0.1) is 5.92 Å². The summed E-state index contributed by atoms with van der Waals surface area (Å²) in [5.41, 5.74) is 2.88. The number of imidazole rings is 1. The molecule has 0 radical (unpaired) electrons. The van der Waals surface area contributed by atoms with Crippen molar-refractivity contribution in [2.75, 3.05) is 32.2 Å². The first-order valence-electron chi connectivity index (χ1n) is 9.37. The standard InChI is InChI=1S/C20H31N3O2/c1-6-21-16-7-8-18-17(13-16)22-19(20(3,4)24-5)23(18)14(2)15-9-11-25-12-10-15/h7-8,13-15,21H,6,9-12H2,1-5H3. The Kier molecular flexibility index (Phi) is 5.35. The van der Waals surface area contributed by atoms with E-state index < -0.39 is 5.60 Å².